The number of ether oxygens (including phenoxy) is 1. The van der Waals surface area contributed by atoms with Crippen molar-refractivity contribution in [1.82, 2.24) is 4.90 Å². The first-order valence-corrected chi connectivity index (χ1v) is 14.3. The van der Waals surface area contributed by atoms with Gasteiger partial charge in [-0.15, -0.1) is 0 Å². The summed E-state index contributed by atoms with van der Waals surface area (Å²) in [5, 5.41) is 10.2. The number of hydrogen-bond donors (Lipinski definition) is 2. The molecule has 6 atom stereocenters. The zero-order valence-electron chi connectivity index (χ0n) is 22.3. The lowest BCUT2D eigenvalue weighted by molar-refractivity contribution is -0.136. The highest BCUT2D eigenvalue weighted by Gasteiger charge is 2.68. The number of allylic oxidation sites excluding steroid dienone is 2. The van der Waals surface area contributed by atoms with E-state index in [0.717, 1.165) is 11.0 Å². The second kappa shape index (κ2) is 9.63. The normalized spacial score (nSPS) is 30.2. The van der Waals surface area contributed by atoms with Crippen molar-refractivity contribution in [3.63, 3.8) is 0 Å². The van der Waals surface area contributed by atoms with Gasteiger partial charge in [0.2, 0.25) is 23.6 Å². The molecule has 42 heavy (non-hydrogen) atoms. The number of amides is 6. The summed E-state index contributed by atoms with van der Waals surface area (Å²) in [5.74, 6) is -7.58. The lowest BCUT2D eigenvalue weighted by atomic mass is 9.51. The standard InChI is InChI=1S/C29H24BrClFN3O7/c1-29-16(25(38)34(27(29)40)12-3-6-19(32)18(31)9-12)10-15-13(22(29)11-7-17(30)23(36)20(8-11)42-2)4-5-14-21(15)26(39)35(24(14)37)28(33)41/h3-4,6-9,14-16,21-22,36H,5,10H2,1-2H3,(H2,33,41). The summed E-state index contributed by atoms with van der Waals surface area (Å²) in [7, 11) is 1.37. The van der Waals surface area contributed by atoms with Crippen LogP contribution in [0.3, 0.4) is 0 Å². The highest BCUT2D eigenvalue weighted by atomic mass is 79.9. The van der Waals surface area contributed by atoms with Gasteiger partial charge in [-0.2, -0.15) is 4.90 Å². The number of urea groups is 1. The van der Waals surface area contributed by atoms with Crippen LogP contribution >= 0.6 is 27.5 Å². The van der Waals surface area contributed by atoms with Crippen molar-refractivity contribution in [1.29, 1.82) is 0 Å². The lowest BCUT2D eigenvalue weighted by Crippen LogP contribution is -2.49. The van der Waals surface area contributed by atoms with Gasteiger partial charge in [0.15, 0.2) is 11.5 Å². The van der Waals surface area contributed by atoms with Gasteiger partial charge in [-0.25, -0.2) is 14.1 Å². The zero-order chi connectivity index (χ0) is 30.4. The van der Waals surface area contributed by atoms with E-state index in [-0.39, 0.29) is 39.5 Å². The molecule has 2 aromatic carbocycles. The summed E-state index contributed by atoms with van der Waals surface area (Å²) in [6, 6.07) is 5.57. The van der Waals surface area contributed by atoms with E-state index < -0.39 is 70.5 Å². The SMILES string of the molecule is COc1cc(C2C3=CCC4C(=O)N(C(N)=O)C(=O)C4C3CC3C(=O)N(c4ccc(F)c(Cl)c4)C(=O)C32C)cc(Br)c1O. The van der Waals surface area contributed by atoms with Gasteiger partial charge in [0.1, 0.15) is 5.82 Å². The molecule has 0 aromatic heterocycles. The van der Waals surface area contributed by atoms with Crippen molar-refractivity contribution in [2.45, 2.75) is 25.7 Å². The number of hydrogen-bond acceptors (Lipinski definition) is 7. The molecule has 10 nitrogen and oxygen atoms in total. The maximum atomic E-state index is 14.4. The lowest BCUT2D eigenvalue weighted by Gasteiger charge is -2.49. The number of aromatic hydroxyl groups is 1. The minimum absolute atomic E-state index is 0.0397. The Hall–Kier alpha value is -3.77. The molecule has 6 rings (SSSR count). The van der Waals surface area contributed by atoms with Gasteiger partial charge >= 0.3 is 6.03 Å². The number of nitrogens with two attached hydrogens (primary N) is 1. The molecule has 2 aromatic rings. The molecule has 1 saturated carbocycles. The first-order chi connectivity index (χ1) is 19.8. The maximum Gasteiger partial charge on any atom is 0.328 e. The predicted molar refractivity (Wildman–Crippen MR) is 150 cm³/mol. The molecule has 2 heterocycles. The summed E-state index contributed by atoms with van der Waals surface area (Å²) in [6.07, 6.45) is 1.96. The highest BCUT2D eigenvalue weighted by Crippen LogP contribution is 2.64. The molecule has 0 spiro atoms. The molecule has 3 fully saturated rings. The van der Waals surface area contributed by atoms with Crippen LogP contribution in [0.25, 0.3) is 0 Å². The Morgan fingerprint density at radius 1 is 1.14 bits per heavy atom. The predicted octanol–water partition coefficient (Wildman–Crippen LogP) is 4.27. The smallest absolute Gasteiger partial charge is 0.328 e. The number of nitrogens with zero attached hydrogens (tertiary/aromatic N) is 2. The molecule has 6 amide bonds. The van der Waals surface area contributed by atoms with E-state index in [1.165, 1.54) is 19.2 Å². The third kappa shape index (κ3) is 3.70. The molecule has 13 heteroatoms. The average Bonchev–Trinajstić information content (AvgIpc) is 3.31. The number of rotatable bonds is 3. The minimum Gasteiger partial charge on any atom is -0.503 e. The van der Waals surface area contributed by atoms with Crippen molar-refractivity contribution in [2.75, 3.05) is 12.0 Å². The number of carbonyl (C=O) groups excluding carboxylic acids is 5. The zero-order valence-corrected chi connectivity index (χ0v) is 24.6. The van der Waals surface area contributed by atoms with Crippen LogP contribution in [0.4, 0.5) is 14.9 Å². The number of carbonyl (C=O) groups is 5. The molecule has 2 aliphatic heterocycles. The van der Waals surface area contributed by atoms with Gasteiger partial charge in [-0.05, 0) is 77.5 Å². The highest BCUT2D eigenvalue weighted by molar-refractivity contribution is 9.10. The van der Waals surface area contributed by atoms with E-state index in [4.69, 9.17) is 22.1 Å². The Kier molecular flexibility index (Phi) is 6.50. The number of anilines is 1. The monoisotopic (exact) mass is 659 g/mol. The average molecular weight is 661 g/mol. The molecule has 2 saturated heterocycles. The van der Waals surface area contributed by atoms with Crippen molar-refractivity contribution < 1.29 is 38.2 Å². The molecule has 2 aliphatic carbocycles. The van der Waals surface area contributed by atoms with Crippen molar-refractivity contribution in [3.05, 3.63) is 62.9 Å². The Balaban J connectivity index is 1.56. The van der Waals surface area contributed by atoms with E-state index in [2.05, 4.69) is 15.9 Å². The number of fused-ring (bicyclic) bond motifs is 4. The molecule has 218 valence electrons. The van der Waals surface area contributed by atoms with Crippen LogP contribution in [-0.2, 0) is 19.2 Å². The van der Waals surface area contributed by atoms with E-state index in [9.17, 15) is 33.5 Å². The van der Waals surface area contributed by atoms with E-state index in [1.54, 1.807) is 25.1 Å². The number of methoxy groups -OCH3 is 1. The first-order valence-electron chi connectivity index (χ1n) is 13.1. The Morgan fingerprint density at radius 2 is 1.86 bits per heavy atom. The Morgan fingerprint density at radius 3 is 2.50 bits per heavy atom. The van der Waals surface area contributed by atoms with Crippen LogP contribution in [-0.4, -0.2) is 46.8 Å². The summed E-state index contributed by atoms with van der Waals surface area (Å²) in [6.45, 7) is 1.67. The fraction of sp³-hybridized carbons (Fsp3) is 0.345. The van der Waals surface area contributed by atoms with Crippen molar-refractivity contribution >= 4 is 62.9 Å². The number of phenolic OH excluding ortho intramolecular Hbond substituents is 1. The van der Waals surface area contributed by atoms with Gasteiger partial charge in [-0.1, -0.05) is 23.3 Å². The van der Waals surface area contributed by atoms with Gasteiger partial charge in [0.05, 0.1) is 45.5 Å². The third-order valence-corrected chi connectivity index (χ3v) is 10.2. The third-order valence-electron chi connectivity index (χ3n) is 9.26. The number of benzene rings is 2. The van der Waals surface area contributed by atoms with Crippen LogP contribution in [0.2, 0.25) is 5.02 Å². The Labute approximate surface area is 252 Å². The molecule has 3 N–H and O–H groups in total. The molecular formula is C29H24BrClFN3O7. The van der Waals surface area contributed by atoms with Gasteiger partial charge in [-0.3, -0.25) is 19.2 Å². The summed E-state index contributed by atoms with van der Waals surface area (Å²) in [5.41, 5.74) is 5.24. The van der Waals surface area contributed by atoms with Crippen LogP contribution in [0.15, 0.2) is 46.5 Å². The summed E-state index contributed by atoms with van der Waals surface area (Å²) >= 11 is 9.35. The number of phenols is 1. The van der Waals surface area contributed by atoms with Gasteiger partial charge in [0.25, 0.3) is 0 Å². The Bertz CT molecular complexity index is 1660. The minimum atomic E-state index is -1.40. The van der Waals surface area contributed by atoms with Crippen LogP contribution in [0.5, 0.6) is 11.5 Å². The van der Waals surface area contributed by atoms with Crippen molar-refractivity contribution in [3.8, 4) is 11.5 Å². The fourth-order valence-electron chi connectivity index (χ4n) is 7.40. The second-order valence-electron chi connectivity index (χ2n) is 11.2. The molecule has 6 unspecified atom stereocenters. The largest absolute Gasteiger partial charge is 0.503 e. The molecular weight excluding hydrogens is 637 g/mol. The molecule has 0 bridgehead atoms. The molecule has 0 radical (unpaired) electrons. The van der Waals surface area contributed by atoms with E-state index >= 15 is 0 Å². The number of primary amides is 1. The first kappa shape index (κ1) is 28.4. The number of halogens is 3. The van der Waals surface area contributed by atoms with E-state index in [0.29, 0.717) is 16.0 Å². The number of likely N-dealkylation sites (tertiary alicyclic amines) is 1. The quantitative estimate of drug-likeness (QED) is 0.369. The summed E-state index contributed by atoms with van der Waals surface area (Å²) in [4.78, 5) is 68.5. The summed E-state index contributed by atoms with van der Waals surface area (Å²) < 4.78 is 19.6. The van der Waals surface area contributed by atoms with Crippen LogP contribution in [0, 0.1) is 34.9 Å². The van der Waals surface area contributed by atoms with Gasteiger partial charge in [0, 0.05) is 5.92 Å². The van der Waals surface area contributed by atoms with Crippen LogP contribution < -0.4 is 15.4 Å². The fourth-order valence-corrected chi connectivity index (χ4v) is 8.03. The molecule has 4 aliphatic rings. The topological polar surface area (TPSA) is 147 Å². The van der Waals surface area contributed by atoms with E-state index in [1.807, 2.05) is 0 Å². The van der Waals surface area contributed by atoms with Gasteiger partial charge < -0.3 is 15.6 Å². The van der Waals surface area contributed by atoms with Crippen LogP contribution in [0.1, 0.15) is 31.2 Å². The maximum absolute atomic E-state index is 14.4. The number of imide groups is 4. The second-order valence-corrected chi connectivity index (χ2v) is 12.4. The van der Waals surface area contributed by atoms with Crippen molar-refractivity contribution in [2.24, 2.45) is 34.8 Å².